The Bertz CT molecular complexity index is 465. The van der Waals surface area contributed by atoms with E-state index in [9.17, 15) is 4.79 Å². The van der Waals surface area contributed by atoms with Crippen LogP contribution in [-0.4, -0.2) is 49.2 Å². The summed E-state index contributed by atoms with van der Waals surface area (Å²) in [7, 11) is 3.62. The molecule has 2 N–H and O–H groups in total. The van der Waals surface area contributed by atoms with Gasteiger partial charge in [-0.25, -0.2) is 9.97 Å². The molecule has 0 fully saturated rings. The first-order valence-electron chi connectivity index (χ1n) is 7.10. The minimum Gasteiger partial charge on any atom is -0.374 e. The smallest absolute Gasteiger partial charge is 0.239 e. The molecular formula is C14H25N5O2. The molecule has 0 aliphatic heterocycles. The average molecular weight is 295 g/mol. The molecule has 1 amide bonds. The molecule has 1 heterocycles. The number of carbonyl (C=O) groups is 1. The van der Waals surface area contributed by atoms with Crippen molar-refractivity contribution in [2.45, 2.75) is 33.4 Å². The summed E-state index contributed by atoms with van der Waals surface area (Å²) in [6.07, 6.45) is 0. The minimum atomic E-state index is -0.0384. The second-order valence-electron chi connectivity index (χ2n) is 4.99. The highest BCUT2D eigenvalue weighted by molar-refractivity contribution is 5.81. The Labute approximate surface area is 126 Å². The van der Waals surface area contributed by atoms with Crippen LogP contribution in [0.25, 0.3) is 0 Å². The fourth-order valence-corrected chi connectivity index (χ4v) is 1.73. The van der Waals surface area contributed by atoms with Crippen molar-refractivity contribution in [2.24, 2.45) is 0 Å². The maximum atomic E-state index is 11.8. The Morgan fingerprint density at radius 2 is 2.14 bits per heavy atom. The zero-order valence-electron chi connectivity index (χ0n) is 13.4. The number of hydrogen-bond donors (Lipinski definition) is 2. The number of nitrogens with zero attached hydrogens (tertiary/aromatic N) is 3. The number of rotatable bonds is 8. The summed E-state index contributed by atoms with van der Waals surface area (Å²) >= 11 is 0. The first-order valence-corrected chi connectivity index (χ1v) is 7.10. The van der Waals surface area contributed by atoms with Crippen molar-refractivity contribution in [1.82, 2.24) is 15.3 Å². The zero-order chi connectivity index (χ0) is 15.8. The fraction of sp³-hybridized carbons (Fsp3) is 0.643. The van der Waals surface area contributed by atoms with Crippen LogP contribution < -0.4 is 15.5 Å². The Morgan fingerprint density at radius 1 is 1.43 bits per heavy atom. The first kappa shape index (κ1) is 17.2. The molecule has 0 atom stereocenters. The molecule has 0 aliphatic carbocycles. The summed E-state index contributed by atoms with van der Waals surface area (Å²) in [5.41, 5.74) is 0. The lowest BCUT2D eigenvalue weighted by atomic mass is 10.3. The molecule has 7 heteroatoms. The first-order chi connectivity index (χ1) is 9.96. The number of ether oxygens (including phenoxy) is 1. The SMILES string of the molecule is CCOCc1nc(NC)cc(N(C)CC(=O)NC(C)C)n1. The molecule has 1 rings (SSSR count). The van der Waals surface area contributed by atoms with E-state index in [2.05, 4.69) is 20.6 Å². The minimum absolute atomic E-state index is 0.0384. The third-order valence-electron chi connectivity index (χ3n) is 2.67. The normalized spacial score (nSPS) is 10.6. The van der Waals surface area contributed by atoms with Gasteiger partial charge in [-0.3, -0.25) is 4.79 Å². The molecule has 0 saturated heterocycles. The number of nitrogens with one attached hydrogen (secondary N) is 2. The highest BCUT2D eigenvalue weighted by Crippen LogP contribution is 2.14. The molecule has 7 nitrogen and oxygen atoms in total. The van der Waals surface area contributed by atoms with Gasteiger partial charge in [0.2, 0.25) is 5.91 Å². The van der Waals surface area contributed by atoms with E-state index >= 15 is 0 Å². The van der Waals surface area contributed by atoms with Gasteiger partial charge >= 0.3 is 0 Å². The van der Waals surface area contributed by atoms with Crippen LogP contribution >= 0.6 is 0 Å². The summed E-state index contributed by atoms with van der Waals surface area (Å²) < 4.78 is 5.34. The van der Waals surface area contributed by atoms with Crippen molar-refractivity contribution in [3.8, 4) is 0 Å². The zero-order valence-corrected chi connectivity index (χ0v) is 13.4. The fourth-order valence-electron chi connectivity index (χ4n) is 1.73. The topological polar surface area (TPSA) is 79.4 Å². The lowest BCUT2D eigenvalue weighted by Gasteiger charge is -2.20. The van der Waals surface area contributed by atoms with E-state index in [0.29, 0.717) is 30.7 Å². The number of amides is 1. The second kappa shape index (κ2) is 8.41. The van der Waals surface area contributed by atoms with Crippen LogP contribution in [0.4, 0.5) is 11.6 Å². The molecule has 118 valence electrons. The largest absolute Gasteiger partial charge is 0.374 e. The number of likely N-dealkylation sites (N-methyl/N-ethyl adjacent to an activating group) is 1. The molecule has 1 aromatic heterocycles. The van der Waals surface area contributed by atoms with Crippen LogP contribution in [0.1, 0.15) is 26.6 Å². The van der Waals surface area contributed by atoms with E-state index < -0.39 is 0 Å². The quantitative estimate of drug-likeness (QED) is 0.745. The van der Waals surface area contributed by atoms with Gasteiger partial charge < -0.3 is 20.3 Å². The summed E-state index contributed by atoms with van der Waals surface area (Å²) in [5, 5.41) is 5.85. The van der Waals surface area contributed by atoms with E-state index in [1.807, 2.05) is 27.8 Å². The van der Waals surface area contributed by atoms with Crippen molar-refractivity contribution in [2.75, 3.05) is 37.5 Å². The summed E-state index contributed by atoms with van der Waals surface area (Å²) in [5.74, 6) is 1.94. The number of hydrogen-bond acceptors (Lipinski definition) is 6. The summed E-state index contributed by atoms with van der Waals surface area (Å²) in [4.78, 5) is 22.3. The second-order valence-corrected chi connectivity index (χ2v) is 4.99. The molecule has 0 radical (unpaired) electrons. The van der Waals surface area contributed by atoms with Crippen LogP contribution in [0.15, 0.2) is 6.07 Å². The van der Waals surface area contributed by atoms with Crippen molar-refractivity contribution in [3.63, 3.8) is 0 Å². The molecule has 0 bridgehead atoms. The van der Waals surface area contributed by atoms with Crippen LogP contribution in [0.3, 0.4) is 0 Å². The van der Waals surface area contributed by atoms with Gasteiger partial charge in [0, 0.05) is 32.8 Å². The van der Waals surface area contributed by atoms with E-state index in [1.54, 1.807) is 18.0 Å². The van der Waals surface area contributed by atoms with Gasteiger partial charge in [0.25, 0.3) is 0 Å². The maximum absolute atomic E-state index is 11.8. The van der Waals surface area contributed by atoms with Gasteiger partial charge in [-0.1, -0.05) is 0 Å². The molecule has 0 unspecified atom stereocenters. The predicted octanol–water partition coefficient (Wildman–Crippen LogP) is 1.02. The van der Waals surface area contributed by atoms with Crippen LogP contribution in [0.5, 0.6) is 0 Å². The molecule has 1 aromatic rings. The Kier molecular flexibility index (Phi) is 6.87. The number of aromatic nitrogens is 2. The number of anilines is 2. The monoisotopic (exact) mass is 295 g/mol. The van der Waals surface area contributed by atoms with E-state index in [1.165, 1.54) is 0 Å². The molecule has 0 aromatic carbocycles. The maximum Gasteiger partial charge on any atom is 0.239 e. The standard InChI is InChI=1S/C14H25N5O2/c1-6-21-9-12-17-11(15-4)7-13(18-12)19(5)8-14(20)16-10(2)3/h7,10H,6,8-9H2,1-5H3,(H,16,20)(H,15,17,18). The van der Waals surface area contributed by atoms with E-state index in [4.69, 9.17) is 4.74 Å². The third-order valence-corrected chi connectivity index (χ3v) is 2.67. The third kappa shape index (κ3) is 5.95. The molecule has 21 heavy (non-hydrogen) atoms. The van der Waals surface area contributed by atoms with Crippen molar-refractivity contribution in [3.05, 3.63) is 11.9 Å². The summed E-state index contributed by atoms with van der Waals surface area (Å²) in [6.45, 7) is 6.99. The van der Waals surface area contributed by atoms with Gasteiger partial charge in [0.05, 0.1) is 6.54 Å². The van der Waals surface area contributed by atoms with Gasteiger partial charge in [-0.05, 0) is 20.8 Å². The van der Waals surface area contributed by atoms with Crippen molar-refractivity contribution in [1.29, 1.82) is 0 Å². The van der Waals surface area contributed by atoms with Gasteiger partial charge in [-0.15, -0.1) is 0 Å². The van der Waals surface area contributed by atoms with Crippen LogP contribution in [0.2, 0.25) is 0 Å². The van der Waals surface area contributed by atoms with Crippen LogP contribution in [0, 0.1) is 0 Å². The van der Waals surface area contributed by atoms with Gasteiger partial charge in [0.1, 0.15) is 18.2 Å². The lowest BCUT2D eigenvalue weighted by molar-refractivity contribution is -0.120. The Morgan fingerprint density at radius 3 is 2.71 bits per heavy atom. The molecule has 0 aliphatic rings. The number of carbonyl (C=O) groups excluding carboxylic acids is 1. The Balaban J connectivity index is 2.81. The van der Waals surface area contributed by atoms with Gasteiger partial charge in [0.15, 0.2) is 5.82 Å². The predicted molar refractivity (Wildman–Crippen MR) is 83.5 cm³/mol. The highest BCUT2D eigenvalue weighted by Gasteiger charge is 2.12. The molecular weight excluding hydrogens is 270 g/mol. The van der Waals surface area contributed by atoms with Crippen molar-refractivity contribution >= 4 is 17.5 Å². The molecule has 0 spiro atoms. The molecule has 0 saturated carbocycles. The highest BCUT2D eigenvalue weighted by atomic mass is 16.5. The average Bonchev–Trinajstić information content (AvgIpc) is 2.43. The van der Waals surface area contributed by atoms with Crippen molar-refractivity contribution < 1.29 is 9.53 Å². The Hall–Kier alpha value is -1.89. The van der Waals surface area contributed by atoms with E-state index in [0.717, 1.165) is 0 Å². The summed E-state index contributed by atoms with van der Waals surface area (Å²) in [6, 6.07) is 1.93. The lowest BCUT2D eigenvalue weighted by Crippen LogP contribution is -2.39. The van der Waals surface area contributed by atoms with Gasteiger partial charge in [-0.2, -0.15) is 0 Å². The van der Waals surface area contributed by atoms with E-state index in [-0.39, 0.29) is 18.5 Å². The van der Waals surface area contributed by atoms with Crippen LogP contribution in [-0.2, 0) is 16.1 Å².